The molecule has 3 saturated heterocycles. The van der Waals surface area contributed by atoms with Gasteiger partial charge < -0.3 is 24.4 Å². The molecular formula is C26H42N2O6. The van der Waals surface area contributed by atoms with Gasteiger partial charge in [0.1, 0.15) is 11.6 Å². The maximum absolute atomic E-state index is 14.3. The van der Waals surface area contributed by atoms with Crippen LogP contribution in [0.3, 0.4) is 0 Å². The SMILES string of the molecule is C=CCN(C(=O)[C@@H]1N(CCCO)C(=O)[C@H]2[C@H](C(=O)OCC)[C@@H]3CC[C@]12O3)C(C)(C)CC(C)(C)C. The van der Waals surface area contributed by atoms with Crippen LogP contribution in [0.5, 0.6) is 0 Å². The second kappa shape index (κ2) is 9.61. The molecule has 3 aliphatic heterocycles. The maximum Gasteiger partial charge on any atom is 0.312 e. The van der Waals surface area contributed by atoms with Crippen LogP contribution < -0.4 is 0 Å². The molecular weight excluding hydrogens is 436 g/mol. The lowest BCUT2D eigenvalue weighted by molar-refractivity contribution is -0.155. The third-order valence-corrected chi connectivity index (χ3v) is 7.42. The summed E-state index contributed by atoms with van der Waals surface area (Å²) in [6, 6.07) is -0.847. The van der Waals surface area contributed by atoms with Gasteiger partial charge in [0.2, 0.25) is 11.8 Å². The van der Waals surface area contributed by atoms with Crippen LogP contribution in [0.15, 0.2) is 12.7 Å². The number of ether oxygens (including phenoxy) is 2. The van der Waals surface area contributed by atoms with Gasteiger partial charge in [-0.1, -0.05) is 26.8 Å². The Morgan fingerprint density at radius 2 is 2.00 bits per heavy atom. The molecule has 2 bridgehead atoms. The summed E-state index contributed by atoms with van der Waals surface area (Å²) in [4.78, 5) is 44.3. The summed E-state index contributed by atoms with van der Waals surface area (Å²) < 4.78 is 11.7. The summed E-state index contributed by atoms with van der Waals surface area (Å²) >= 11 is 0. The molecule has 8 nitrogen and oxygen atoms in total. The number of aliphatic hydroxyl groups excluding tert-OH is 1. The number of hydrogen-bond donors (Lipinski definition) is 1. The van der Waals surface area contributed by atoms with Crippen LogP contribution >= 0.6 is 0 Å². The van der Waals surface area contributed by atoms with Gasteiger partial charge in [0.15, 0.2) is 0 Å². The Morgan fingerprint density at radius 3 is 2.56 bits per heavy atom. The molecule has 3 heterocycles. The summed E-state index contributed by atoms with van der Waals surface area (Å²) in [6.45, 7) is 16.8. The number of esters is 1. The summed E-state index contributed by atoms with van der Waals surface area (Å²) in [5.74, 6) is -2.31. The van der Waals surface area contributed by atoms with Crippen LogP contribution in [0.1, 0.15) is 67.2 Å². The molecule has 0 aromatic carbocycles. The van der Waals surface area contributed by atoms with E-state index in [1.807, 2.05) is 13.8 Å². The molecule has 0 saturated carbocycles. The van der Waals surface area contributed by atoms with Crippen LogP contribution in [-0.2, 0) is 23.9 Å². The monoisotopic (exact) mass is 478 g/mol. The van der Waals surface area contributed by atoms with E-state index in [9.17, 15) is 19.5 Å². The number of fused-ring (bicyclic) bond motifs is 1. The van der Waals surface area contributed by atoms with Crippen molar-refractivity contribution in [1.29, 1.82) is 0 Å². The van der Waals surface area contributed by atoms with Crippen molar-refractivity contribution in [2.45, 2.75) is 90.5 Å². The number of likely N-dealkylation sites (tertiary alicyclic amines) is 1. The molecule has 8 heteroatoms. The smallest absolute Gasteiger partial charge is 0.312 e. The number of aliphatic hydroxyl groups is 1. The Labute approximate surface area is 203 Å². The molecule has 3 aliphatic rings. The zero-order chi connectivity index (χ0) is 25.5. The molecule has 3 fully saturated rings. The van der Waals surface area contributed by atoms with E-state index < -0.39 is 41.1 Å². The average Bonchev–Trinajstić information content (AvgIpc) is 3.35. The Morgan fingerprint density at radius 1 is 1.32 bits per heavy atom. The van der Waals surface area contributed by atoms with Crippen molar-refractivity contribution < 1.29 is 29.0 Å². The van der Waals surface area contributed by atoms with Gasteiger partial charge >= 0.3 is 5.97 Å². The molecule has 5 atom stereocenters. The predicted molar refractivity (Wildman–Crippen MR) is 128 cm³/mol. The van der Waals surface area contributed by atoms with E-state index in [-0.39, 0.29) is 37.0 Å². The van der Waals surface area contributed by atoms with Crippen LogP contribution in [-0.4, -0.2) is 82.3 Å². The molecule has 3 rings (SSSR count). The topological polar surface area (TPSA) is 96.4 Å². The van der Waals surface area contributed by atoms with Gasteiger partial charge in [-0.3, -0.25) is 14.4 Å². The molecule has 2 amide bonds. The Bertz CT molecular complexity index is 819. The molecule has 1 spiro atoms. The van der Waals surface area contributed by atoms with Crippen LogP contribution in [0.4, 0.5) is 0 Å². The third-order valence-electron chi connectivity index (χ3n) is 7.42. The highest BCUT2D eigenvalue weighted by molar-refractivity contribution is 5.98. The first-order valence-electron chi connectivity index (χ1n) is 12.5. The fourth-order valence-electron chi connectivity index (χ4n) is 6.73. The van der Waals surface area contributed by atoms with Gasteiger partial charge in [-0.25, -0.2) is 0 Å². The predicted octanol–water partition coefficient (Wildman–Crippen LogP) is 2.54. The molecule has 34 heavy (non-hydrogen) atoms. The molecule has 0 unspecified atom stereocenters. The lowest BCUT2D eigenvalue weighted by Crippen LogP contribution is -2.61. The van der Waals surface area contributed by atoms with Crippen LogP contribution in [0, 0.1) is 17.3 Å². The Balaban J connectivity index is 2.04. The van der Waals surface area contributed by atoms with E-state index >= 15 is 0 Å². The van der Waals surface area contributed by atoms with Crippen molar-refractivity contribution in [2.75, 3.05) is 26.3 Å². The van der Waals surface area contributed by atoms with E-state index in [1.165, 1.54) is 0 Å². The van der Waals surface area contributed by atoms with Gasteiger partial charge in [-0.2, -0.15) is 0 Å². The second-order valence-electron chi connectivity index (χ2n) is 11.7. The van der Waals surface area contributed by atoms with Crippen molar-refractivity contribution in [1.82, 2.24) is 9.80 Å². The number of nitrogens with zero attached hydrogens (tertiary/aromatic N) is 2. The fourth-order valence-corrected chi connectivity index (χ4v) is 6.73. The molecule has 192 valence electrons. The number of carbonyl (C=O) groups excluding carboxylic acids is 3. The van der Waals surface area contributed by atoms with E-state index in [0.717, 1.165) is 6.42 Å². The van der Waals surface area contributed by atoms with Crippen LogP contribution in [0.2, 0.25) is 0 Å². The minimum absolute atomic E-state index is 0.0244. The third kappa shape index (κ3) is 4.51. The van der Waals surface area contributed by atoms with Crippen molar-refractivity contribution in [2.24, 2.45) is 17.3 Å². The molecule has 0 aromatic heterocycles. The highest BCUT2D eigenvalue weighted by Gasteiger charge is 2.75. The van der Waals surface area contributed by atoms with E-state index in [2.05, 4.69) is 27.4 Å². The Hall–Kier alpha value is -1.93. The van der Waals surface area contributed by atoms with Gasteiger partial charge in [-0.15, -0.1) is 6.58 Å². The first-order valence-corrected chi connectivity index (χ1v) is 12.5. The number of carbonyl (C=O) groups is 3. The standard InChI is InChI=1S/C26H42N2O6/c1-8-13-28(25(6,7)16-24(3,4)5)22(31)20-26-12-11-17(34-26)18(23(32)33-9-2)19(26)21(30)27(20)14-10-15-29/h8,17-20,29H,1,9-16H2,2-7H3/t17-,18+,19+,20-,26+/m0/s1. The molecule has 0 radical (unpaired) electrons. The molecule has 0 aliphatic carbocycles. The van der Waals surface area contributed by atoms with Gasteiger partial charge in [-0.05, 0) is 51.9 Å². The summed E-state index contributed by atoms with van der Waals surface area (Å²) in [6.07, 6.45) is 3.54. The lowest BCUT2D eigenvalue weighted by Gasteiger charge is -2.45. The average molecular weight is 479 g/mol. The number of hydrogen-bond acceptors (Lipinski definition) is 6. The highest BCUT2D eigenvalue weighted by Crippen LogP contribution is 2.59. The first-order chi connectivity index (χ1) is 15.8. The highest BCUT2D eigenvalue weighted by atomic mass is 16.6. The zero-order valence-electron chi connectivity index (χ0n) is 21.6. The number of amides is 2. The normalized spacial score (nSPS) is 30.4. The minimum atomic E-state index is -1.05. The van der Waals surface area contributed by atoms with Crippen molar-refractivity contribution in [3.05, 3.63) is 12.7 Å². The van der Waals surface area contributed by atoms with Crippen molar-refractivity contribution >= 4 is 17.8 Å². The summed E-state index contributed by atoms with van der Waals surface area (Å²) in [5, 5.41) is 9.48. The van der Waals surface area contributed by atoms with Gasteiger partial charge in [0.25, 0.3) is 0 Å². The largest absolute Gasteiger partial charge is 0.466 e. The quantitative estimate of drug-likeness (QED) is 0.383. The van der Waals surface area contributed by atoms with E-state index in [4.69, 9.17) is 9.47 Å². The summed E-state index contributed by atoms with van der Waals surface area (Å²) in [7, 11) is 0. The van der Waals surface area contributed by atoms with Gasteiger partial charge in [0.05, 0.1) is 24.5 Å². The second-order valence-corrected chi connectivity index (χ2v) is 11.7. The minimum Gasteiger partial charge on any atom is -0.466 e. The zero-order valence-corrected chi connectivity index (χ0v) is 21.6. The maximum atomic E-state index is 14.3. The van der Waals surface area contributed by atoms with E-state index in [1.54, 1.807) is 22.8 Å². The van der Waals surface area contributed by atoms with Gasteiger partial charge in [0, 0.05) is 25.2 Å². The lowest BCUT2D eigenvalue weighted by atomic mass is 9.70. The van der Waals surface area contributed by atoms with E-state index in [0.29, 0.717) is 25.8 Å². The Kier molecular flexibility index (Phi) is 7.54. The first kappa shape index (κ1) is 26.7. The molecule has 1 N–H and O–H groups in total. The summed E-state index contributed by atoms with van der Waals surface area (Å²) in [5.41, 5.74) is -1.58. The molecule has 0 aromatic rings. The number of rotatable bonds is 10. The fraction of sp³-hybridized carbons (Fsp3) is 0.808. The van der Waals surface area contributed by atoms with Crippen molar-refractivity contribution in [3.8, 4) is 0 Å². The van der Waals surface area contributed by atoms with Crippen LogP contribution in [0.25, 0.3) is 0 Å². The van der Waals surface area contributed by atoms with Crippen molar-refractivity contribution in [3.63, 3.8) is 0 Å².